The lowest BCUT2D eigenvalue weighted by Gasteiger charge is -2.21. The molecule has 2 rings (SSSR count). The molecule has 2 aromatic rings. The van der Waals surface area contributed by atoms with Gasteiger partial charge in [0.1, 0.15) is 6.04 Å². The maximum Gasteiger partial charge on any atom is 0.243 e. The molecule has 2 N–H and O–H groups in total. The van der Waals surface area contributed by atoms with Gasteiger partial charge in [0.05, 0.1) is 12.3 Å². The molecule has 0 radical (unpaired) electrons. The Morgan fingerprint density at radius 2 is 1.39 bits per heavy atom. The largest absolute Gasteiger partial charge is 0.348 e. The first-order valence-electron chi connectivity index (χ1n) is 7.24. The van der Waals surface area contributed by atoms with Crippen molar-refractivity contribution in [3.8, 4) is 0 Å². The molecule has 2 atom stereocenters. The molecule has 0 heterocycles. The smallest absolute Gasteiger partial charge is 0.243 e. The summed E-state index contributed by atoms with van der Waals surface area (Å²) in [5.74, 6) is -0.391. The van der Waals surface area contributed by atoms with E-state index in [9.17, 15) is 13.2 Å². The summed E-state index contributed by atoms with van der Waals surface area (Å²) in [4.78, 5) is 12.6. The Kier molecular flexibility index (Phi) is 5.52. The van der Waals surface area contributed by atoms with E-state index in [-0.39, 0.29) is 6.04 Å². The van der Waals surface area contributed by atoms with Gasteiger partial charge in [-0.25, -0.2) is 8.42 Å². The lowest BCUT2D eigenvalue weighted by molar-refractivity contribution is -0.123. The Labute approximate surface area is 136 Å². The van der Waals surface area contributed by atoms with Crippen LogP contribution < -0.4 is 10.0 Å². The van der Waals surface area contributed by atoms with Gasteiger partial charge < -0.3 is 5.32 Å². The number of hydrogen-bond acceptors (Lipinski definition) is 3. The Morgan fingerprint density at radius 1 is 0.913 bits per heavy atom. The number of benzene rings is 2. The minimum Gasteiger partial charge on any atom is -0.348 e. The second-order valence-electron chi connectivity index (χ2n) is 5.37. The van der Waals surface area contributed by atoms with Crippen LogP contribution in [0.15, 0.2) is 60.7 Å². The van der Waals surface area contributed by atoms with Crippen molar-refractivity contribution in [2.45, 2.75) is 19.0 Å². The van der Waals surface area contributed by atoms with Crippen LogP contribution in [0.3, 0.4) is 0 Å². The van der Waals surface area contributed by atoms with Gasteiger partial charge in [0.2, 0.25) is 15.9 Å². The van der Waals surface area contributed by atoms with Crippen LogP contribution >= 0.6 is 0 Å². The van der Waals surface area contributed by atoms with Gasteiger partial charge >= 0.3 is 0 Å². The van der Waals surface area contributed by atoms with Crippen molar-refractivity contribution in [3.63, 3.8) is 0 Å². The lowest BCUT2D eigenvalue weighted by Crippen LogP contribution is -2.40. The van der Waals surface area contributed by atoms with Gasteiger partial charge in [-0.1, -0.05) is 60.7 Å². The van der Waals surface area contributed by atoms with Crippen LogP contribution in [0, 0.1) is 0 Å². The third-order valence-electron chi connectivity index (χ3n) is 3.39. The fourth-order valence-electron chi connectivity index (χ4n) is 2.25. The number of hydrogen-bond donors (Lipinski definition) is 2. The topological polar surface area (TPSA) is 75.3 Å². The van der Waals surface area contributed by atoms with Crippen LogP contribution in [0.5, 0.6) is 0 Å². The Balaban J connectivity index is 2.20. The second kappa shape index (κ2) is 7.39. The number of carbonyl (C=O) groups excluding carboxylic acids is 1. The van der Waals surface area contributed by atoms with Crippen molar-refractivity contribution in [2.75, 3.05) is 6.26 Å². The highest BCUT2D eigenvalue weighted by molar-refractivity contribution is 7.88. The van der Waals surface area contributed by atoms with Crippen LogP contribution in [0.4, 0.5) is 0 Å². The molecule has 0 aliphatic heterocycles. The standard InChI is InChI=1S/C17H20N2O3S/c1-13(14-9-5-3-6-10-14)18-17(20)16(19-23(2,21)22)15-11-7-4-8-12-15/h3-13,16,19H,1-2H3,(H,18,20). The molecule has 2 aromatic carbocycles. The van der Waals surface area contributed by atoms with Crippen LogP contribution in [-0.2, 0) is 14.8 Å². The fourth-order valence-corrected chi connectivity index (χ4v) is 2.93. The highest BCUT2D eigenvalue weighted by atomic mass is 32.2. The van der Waals surface area contributed by atoms with Gasteiger partial charge in [0, 0.05) is 0 Å². The van der Waals surface area contributed by atoms with E-state index in [0.29, 0.717) is 5.56 Å². The van der Waals surface area contributed by atoms with E-state index in [4.69, 9.17) is 0 Å². The van der Waals surface area contributed by atoms with Crippen LogP contribution in [-0.4, -0.2) is 20.6 Å². The van der Waals surface area contributed by atoms with E-state index >= 15 is 0 Å². The first kappa shape index (κ1) is 17.2. The molecule has 0 saturated carbocycles. The van der Waals surface area contributed by atoms with E-state index in [1.807, 2.05) is 43.3 Å². The normalized spacial score (nSPS) is 14.0. The average molecular weight is 332 g/mol. The van der Waals surface area contributed by atoms with Gasteiger partial charge in [-0.3, -0.25) is 4.79 Å². The number of nitrogens with one attached hydrogen (secondary N) is 2. The molecule has 0 aromatic heterocycles. The predicted molar refractivity (Wildman–Crippen MR) is 90.2 cm³/mol. The monoisotopic (exact) mass is 332 g/mol. The summed E-state index contributed by atoms with van der Waals surface area (Å²) < 4.78 is 25.6. The van der Waals surface area contributed by atoms with Gasteiger partial charge in [0.15, 0.2) is 0 Å². The first-order chi connectivity index (χ1) is 10.9. The van der Waals surface area contributed by atoms with Crippen molar-refractivity contribution in [3.05, 3.63) is 71.8 Å². The summed E-state index contributed by atoms with van der Waals surface area (Å²) in [6.45, 7) is 1.86. The van der Waals surface area contributed by atoms with Crippen molar-refractivity contribution < 1.29 is 13.2 Å². The quantitative estimate of drug-likeness (QED) is 0.851. The molecule has 0 aliphatic rings. The molecule has 1 amide bonds. The van der Waals surface area contributed by atoms with Crippen LogP contribution in [0.2, 0.25) is 0 Å². The summed E-state index contributed by atoms with van der Waals surface area (Å²) in [7, 11) is -3.53. The highest BCUT2D eigenvalue weighted by Crippen LogP contribution is 2.17. The summed E-state index contributed by atoms with van der Waals surface area (Å²) in [6, 6.07) is 17.1. The van der Waals surface area contributed by atoms with Crippen molar-refractivity contribution in [1.82, 2.24) is 10.0 Å². The molecular weight excluding hydrogens is 312 g/mol. The molecule has 0 spiro atoms. The third kappa shape index (κ3) is 5.19. The van der Waals surface area contributed by atoms with Crippen LogP contribution in [0.25, 0.3) is 0 Å². The Morgan fingerprint density at radius 3 is 1.87 bits per heavy atom. The predicted octanol–water partition coefficient (Wildman–Crippen LogP) is 2.15. The van der Waals surface area contributed by atoms with Gasteiger partial charge in [-0.05, 0) is 18.1 Å². The molecule has 0 saturated heterocycles. The van der Waals surface area contributed by atoms with E-state index in [1.54, 1.807) is 24.3 Å². The summed E-state index contributed by atoms with van der Waals surface area (Å²) in [6.07, 6.45) is 1.04. The minimum absolute atomic E-state index is 0.226. The average Bonchev–Trinajstić information content (AvgIpc) is 2.53. The van der Waals surface area contributed by atoms with E-state index in [1.165, 1.54) is 0 Å². The molecule has 122 valence electrons. The zero-order valence-electron chi connectivity index (χ0n) is 13.1. The summed E-state index contributed by atoms with van der Waals surface area (Å²) in [5.41, 5.74) is 1.54. The Hall–Kier alpha value is -2.18. The first-order valence-corrected chi connectivity index (χ1v) is 9.13. The minimum atomic E-state index is -3.53. The Bertz CT molecular complexity index is 746. The molecule has 0 aliphatic carbocycles. The molecular formula is C17H20N2O3S. The summed E-state index contributed by atoms with van der Waals surface area (Å²) in [5, 5.41) is 2.85. The maximum absolute atomic E-state index is 12.6. The number of rotatable bonds is 6. The van der Waals surface area contributed by atoms with E-state index in [2.05, 4.69) is 10.0 Å². The molecule has 0 bridgehead atoms. The fraction of sp³-hybridized carbons (Fsp3) is 0.235. The van der Waals surface area contributed by atoms with Gasteiger partial charge in [-0.15, -0.1) is 0 Å². The summed E-state index contributed by atoms with van der Waals surface area (Å²) >= 11 is 0. The van der Waals surface area contributed by atoms with Crippen molar-refractivity contribution >= 4 is 15.9 Å². The van der Waals surface area contributed by atoms with E-state index < -0.39 is 22.0 Å². The third-order valence-corrected chi connectivity index (χ3v) is 4.05. The molecule has 6 heteroatoms. The molecule has 23 heavy (non-hydrogen) atoms. The van der Waals surface area contributed by atoms with Gasteiger partial charge in [-0.2, -0.15) is 4.72 Å². The number of amides is 1. The molecule has 0 fully saturated rings. The maximum atomic E-state index is 12.6. The van der Waals surface area contributed by atoms with Crippen LogP contribution in [0.1, 0.15) is 30.1 Å². The van der Waals surface area contributed by atoms with E-state index in [0.717, 1.165) is 11.8 Å². The molecule has 5 nitrogen and oxygen atoms in total. The van der Waals surface area contributed by atoms with Crippen molar-refractivity contribution in [1.29, 1.82) is 0 Å². The van der Waals surface area contributed by atoms with Gasteiger partial charge in [0.25, 0.3) is 0 Å². The molecule has 2 unspecified atom stereocenters. The number of carbonyl (C=O) groups is 1. The zero-order chi connectivity index (χ0) is 16.9. The van der Waals surface area contributed by atoms with Crippen molar-refractivity contribution in [2.24, 2.45) is 0 Å². The zero-order valence-corrected chi connectivity index (χ0v) is 13.9. The number of sulfonamides is 1. The highest BCUT2D eigenvalue weighted by Gasteiger charge is 2.25. The lowest BCUT2D eigenvalue weighted by atomic mass is 10.1. The second-order valence-corrected chi connectivity index (χ2v) is 7.15. The SMILES string of the molecule is CC(NC(=O)C(NS(C)(=O)=O)c1ccccc1)c1ccccc1.